The maximum Gasteiger partial charge on any atom is 0.233 e. The van der Waals surface area contributed by atoms with Crippen molar-refractivity contribution in [2.45, 2.75) is 24.8 Å². The fraction of sp³-hybridized carbons (Fsp3) is 0.350. The minimum absolute atomic E-state index is 0.0294. The third kappa shape index (κ3) is 4.03. The predicted octanol–water partition coefficient (Wildman–Crippen LogP) is 4.41. The van der Waals surface area contributed by atoms with Crippen LogP contribution < -0.4 is 5.32 Å². The van der Waals surface area contributed by atoms with Crippen LogP contribution in [0.5, 0.6) is 0 Å². The lowest BCUT2D eigenvalue weighted by atomic mass is 9.72. The third-order valence-electron chi connectivity index (χ3n) is 4.95. The maximum absolute atomic E-state index is 13.4. The second-order valence-corrected chi connectivity index (χ2v) is 7.65. The summed E-state index contributed by atoms with van der Waals surface area (Å²) in [6, 6.07) is 11.6. The standard InChI is InChI=1S/C20H21Cl2FN2O/c1-25(13-14-10-16(21)12-17(22)11-14)19(26)20(6-8-24-9-7-20)15-2-4-18(23)5-3-15/h2-5,10-12,24H,6-9,13H2,1H3. The van der Waals surface area contributed by atoms with Crippen molar-refractivity contribution in [2.75, 3.05) is 20.1 Å². The van der Waals surface area contributed by atoms with E-state index in [9.17, 15) is 9.18 Å². The molecule has 2 aromatic rings. The van der Waals surface area contributed by atoms with Crippen LogP contribution in [0.25, 0.3) is 0 Å². The molecule has 0 atom stereocenters. The normalized spacial score (nSPS) is 16.3. The SMILES string of the molecule is CN(Cc1cc(Cl)cc(Cl)c1)C(=O)C1(c2ccc(F)cc2)CCNCC1. The molecule has 1 amide bonds. The van der Waals surface area contributed by atoms with E-state index in [1.807, 2.05) is 12.1 Å². The molecule has 3 rings (SSSR count). The molecule has 1 aliphatic heterocycles. The number of carbonyl (C=O) groups is 1. The van der Waals surface area contributed by atoms with Gasteiger partial charge in [-0.25, -0.2) is 4.39 Å². The summed E-state index contributed by atoms with van der Waals surface area (Å²) in [6.45, 7) is 1.91. The zero-order valence-corrected chi connectivity index (χ0v) is 16.1. The van der Waals surface area contributed by atoms with Gasteiger partial charge in [0.2, 0.25) is 5.91 Å². The number of hydrogen-bond acceptors (Lipinski definition) is 2. The van der Waals surface area contributed by atoms with Crippen LogP contribution >= 0.6 is 23.2 Å². The van der Waals surface area contributed by atoms with E-state index in [4.69, 9.17) is 23.2 Å². The lowest BCUT2D eigenvalue weighted by Gasteiger charge is -2.39. The molecule has 2 aromatic carbocycles. The number of nitrogens with zero attached hydrogens (tertiary/aromatic N) is 1. The lowest BCUT2D eigenvalue weighted by Crippen LogP contribution is -2.51. The van der Waals surface area contributed by atoms with Gasteiger partial charge in [0.25, 0.3) is 0 Å². The summed E-state index contributed by atoms with van der Waals surface area (Å²) in [6.07, 6.45) is 1.36. The molecular weight excluding hydrogens is 374 g/mol. The number of amides is 1. The first-order valence-corrected chi connectivity index (χ1v) is 9.34. The number of nitrogens with one attached hydrogen (secondary N) is 1. The molecule has 6 heteroatoms. The molecule has 3 nitrogen and oxygen atoms in total. The molecular formula is C20H21Cl2FN2O. The Labute approximate surface area is 163 Å². The van der Waals surface area contributed by atoms with Crippen molar-refractivity contribution < 1.29 is 9.18 Å². The van der Waals surface area contributed by atoms with Gasteiger partial charge in [-0.2, -0.15) is 0 Å². The first-order valence-electron chi connectivity index (χ1n) is 8.58. The fourth-order valence-corrected chi connectivity index (χ4v) is 4.23. The van der Waals surface area contributed by atoms with E-state index in [-0.39, 0.29) is 11.7 Å². The van der Waals surface area contributed by atoms with Crippen LogP contribution in [-0.2, 0) is 16.8 Å². The number of hydrogen-bond donors (Lipinski definition) is 1. The zero-order valence-electron chi connectivity index (χ0n) is 14.6. The number of benzene rings is 2. The van der Waals surface area contributed by atoms with Crippen LogP contribution in [-0.4, -0.2) is 30.9 Å². The Morgan fingerprint density at radius 1 is 1.12 bits per heavy atom. The van der Waals surface area contributed by atoms with Crippen LogP contribution in [0, 0.1) is 5.82 Å². The van der Waals surface area contributed by atoms with Gasteiger partial charge in [0.15, 0.2) is 0 Å². The Morgan fingerprint density at radius 2 is 1.69 bits per heavy atom. The van der Waals surface area contributed by atoms with Crippen molar-refractivity contribution in [1.82, 2.24) is 10.2 Å². The van der Waals surface area contributed by atoms with E-state index in [0.717, 1.165) is 24.2 Å². The lowest BCUT2D eigenvalue weighted by molar-refractivity contribution is -0.137. The highest BCUT2D eigenvalue weighted by Crippen LogP contribution is 2.36. The number of halogens is 3. The highest BCUT2D eigenvalue weighted by Gasteiger charge is 2.42. The molecule has 1 fully saturated rings. The summed E-state index contributed by atoms with van der Waals surface area (Å²) in [4.78, 5) is 15.1. The molecule has 1 aliphatic rings. The first kappa shape index (κ1) is 19.2. The van der Waals surface area contributed by atoms with Crippen molar-refractivity contribution in [2.24, 2.45) is 0 Å². The summed E-state index contributed by atoms with van der Waals surface area (Å²) < 4.78 is 13.4. The molecule has 26 heavy (non-hydrogen) atoms. The van der Waals surface area contributed by atoms with Crippen LogP contribution in [0.1, 0.15) is 24.0 Å². The van der Waals surface area contributed by atoms with Gasteiger partial charge in [-0.15, -0.1) is 0 Å². The first-order chi connectivity index (χ1) is 12.4. The van der Waals surface area contributed by atoms with Crippen molar-refractivity contribution in [1.29, 1.82) is 0 Å². The van der Waals surface area contributed by atoms with Gasteiger partial charge in [0.05, 0.1) is 5.41 Å². The van der Waals surface area contributed by atoms with Crippen molar-refractivity contribution in [3.8, 4) is 0 Å². The molecule has 0 unspecified atom stereocenters. The van der Waals surface area contributed by atoms with E-state index in [0.29, 0.717) is 29.4 Å². The van der Waals surface area contributed by atoms with E-state index >= 15 is 0 Å². The van der Waals surface area contributed by atoms with Crippen LogP contribution in [0.3, 0.4) is 0 Å². The van der Waals surface area contributed by atoms with Gasteiger partial charge < -0.3 is 10.2 Å². The van der Waals surface area contributed by atoms with Crippen LogP contribution in [0.2, 0.25) is 10.0 Å². The fourth-order valence-electron chi connectivity index (χ4n) is 3.66. The molecule has 0 spiro atoms. The van der Waals surface area contributed by atoms with E-state index < -0.39 is 5.41 Å². The molecule has 138 valence electrons. The van der Waals surface area contributed by atoms with Gasteiger partial charge in [-0.05, 0) is 67.4 Å². The zero-order chi connectivity index (χ0) is 18.7. The summed E-state index contributed by atoms with van der Waals surface area (Å²) >= 11 is 12.1. The Hall–Kier alpha value is -1.62. The van der Waals surface area contributed by atoms with Gasteiger partial charge in [0.1, 0.15) is 5.82 Å². The molecule has 0 bridgehead atoms. The molecule has 0 aliphatic carbocycles. The average Bonchev–Trinajstić information content (AvgIpc) is 2.61. The highest BCUT2D eigenvalue weighted by atomic mass is 35.5. The third-order valence-corrected chi connectivity index (χ3v) is 5.39. The summed E-state index contributed by atoms with van der Waals surface area (Å²) in [5, 5.41) is 4.39. The Kier molecular flexibility index (Phi) is 5.86. The van der Waals surface area contributed by atoms with Crippen molar-refractivity contribution in [3.05, 3.63) is 69.5 Å². The number of likely N-dealkylation sites (N-methyl/N-ethyl adjacent to an activating group) is 1. The Morgan fingerprint density at radius 3 is 2.27 bits per heavy atom. The minimum Gasteiger partial charge on any atom is -0.341 e. The minimum atomic E-state index is -0.643. The molecule has 1 N–H and O–H groups in total. The van der Waals surface area contributed by atoms with E-state index in [1.165, 1.54) is 12.1 Å². The number of rotatable bonds is 4. The summed E-state index contributed by atoms with van der Waals surface area (Å²) in [5.74, 6) is -0.270. The van der Waals surface area contributed by atoms with Gasteiger partial charge in [0, 0.05) is 23.6 Å². The van der Waals surface area contributed by atoms with Crippen molar-refractivity contribution >= 4 is 29.1 Å². The van der Waals surface area contributed by atoms with E-state index in [1.54, 1.807) is 30.1 Å². The molecule has 0 aromatic heterocycles. The second-order valence-electron chi connectivity index (χ2n) is 6.78. The average molecular weight is 395 g/mol. The summed E-state index contributed by atoms with van der Waals surface area (Å²) in [7, 11) is 1.78. The monoisotopic (exact) mass is 394 g/mol. The largest absolute Gasteiger partial charge is 0.341 e. The van der Waals surface area contributed by atoms with Gasteiger partial charge >= 0.3 is 0 Å². The van der Waals surface area contributed by atoms with Gasteiger partial charge in [-0.3, -0.25) is 4.79 Å². The predicted molar refractivity (Wildman–Crippen MR) is 103 cm³/mol. The second kappa shape index (κ2) is 7.95. The molecule has 1 heterocycles. The quantitative estimate of drug-likeness (QED) is 0.832. The maximum atomic E-state index is 13.4. The topological polar surface area (TPSA) is 32.3 Å². The highest BCUT2D eigenvalue weighted by molar-refractivity contribution is 6.34. The Balaban J connectivity index is 1.88. The smallest absolute Gasteiger partial charge is 0.233 e. The van der Waals surface area contributed by atoms with Gasteiger partial charge in [-0.1, -0.05) is 35.3 Å². The van der Waals surface area contributed by atoms with Crippen LogP contribution in [0.15, 0.2) is 42.5 Å². The summed E-state index contributed by atoms with van der Waals surface area (Å²) in [5.41, 5.74) is 1.10. The molecule has 0 saturated carbocycles. The van der Waals surface area contributed by atoms with Crippen molar-refractivity contribution in [3.63, 3.8) is 0 Å². The molecule has 0 radical (unpaired) electrons. The Bertz CT molecular complexity index is 769. The number of carbonyl (C=O) groups excluding carboxylic acids is 1. The van der Waals surface area contributed by atoms with E-state index in [2.05, 4.69) is 5.32 Å². The molecule has 1 saturated heterocycles. The van der Waals surface area contributed by atoms with Crippen LogP contribution in [0.4, 0.5) is 4.39 Å². The number of piperidine rings is 1.